The van der Waals surface area contributed by atoms with E-state index in [2.05, 4.69) is 0 Å². The maximum atomic E-state index is 12.4. The molecule has 0 aromatic heterocycles. The largest absolute Gasteiger partial charge is 0.507 e. The van der Waals surface area contributed by atoms with Gasteiger partial charge in [-0.2, -0.15) is 0 Å². The number of Topliss-reactive ketones (excluding diaryl/α,β-unsaturated/α-hetero) is 1. The molecule has 3 N–H and O–H groups in total. The predicted molar refractivity (Wildman–Crippen MR) is 79.2 cm³/mol. The highest BCUT2D eigenvalue weighted by molar-refractivity contribution is 6.03. The van der Waals surface area contributed by atoms with E-state index in [1.165, 1.54) is 0 Å². The van der Waals surface area contributed by atoms with Crippen molar-refractivity contribution in [3.8, 4) is 17.2 Å². The average molecular weight is 300 g/mol. The molecule has 0 spiro atoms. The second-order valence-electron chi connectivity index (χ2n) is 5.31. The Kier molecular flexibility index (Phi) is 3.50. The minimum Gasteiger partial charge on any atom is -0.507 e. The zero-order valence-corrected chi connectivity index (χ0v) is 12.0. The molecule has 2 aromatic rings. The fraction of sp³-hybridized carbons (Fsp3) is 0.235. The summed E-state index contributed by atoms with van der Waals surface area (Å²) in [6.45, 7) is 1.04. The van der Waals surface area contributed by atoms with Crippen LogP contribution in [0, 0.1) is 6.92 Å². The molecule has 114 valence electrons. The summed E-state index contributed by atoms with van der Waals surface area (Å²) in [7, 11) is 0. The van der Waals surface area contributed by atoms with Crippen molar-refractivity contribution in [2.75, 3.05) is 0 Å². The molecule has 0 amide bonds. The predicted octanol–water partition coefficient (Wildman–Crippen LogP) is 2.61. The molecular formula is C17H16O5. The van der Waals surface area contributed by atoms with Gasteiger partial charge in [0, 0.05) is 5.56 Å². The second-order valence-corrected chi connectivity index (χ2v) is 5.31. The van der Waals surface area contributed by atoms with Gasteiger partial charge in [0.1, 0.15) is 28.9 Å². The Hall–Kier alpha value is -2.53. The normalized spacial score (nSPS) is 17.0. The van der Waals surface area contributed by atoms with Crippen molar-refractivity contribution in [1.29, 1.82) is 0 Å². The number of ether oxygens (including phenoxy) is 1. The van der Waals surface area contributed by atoms with E-state index in [-0.39, 0.29) is 34.8 Å². The zero-order chi connectivity index (χ0) is 15.9. The third kappa shape index (κ3) is 2.10. The number of hydrogen-bond donors (Lipinski definition) is 3. The third-order valence-corrected chi connectivity index (χ3v) is 3.97. The standard InChI is InChI=1S/C17H16O5/c1-9-15(20)11(8-18)16(21)14-12(19)7-13(22-17(9)14)10-5-3-2-4-6-10/h2-6,13,18,20-21H,7-8H2,1H3. The van der Waals surface area contributed by atoms with Crippen LogP contribution in [0.15, 0.2) is 30.3 Å². The molecule has 1 aliphatic rings. The van der Waals surface area contributed by atoms with Gasteiger partial charge in [0.15, 0.2) is 5.78 Å². The minimum absolute atomic E-state index is 0.0338. The number of aromatic hydroxyl groups is 2. The van der Waals surface area contributed by atoms with Crippen molar-refractivity contribution in [2.24, 2.45) is 0 Å². The fourth-order valence-corrected chi connectivity index (χ4v) is 2.76. The van der Waals surface area contributed by atoms with Gasteiger partial charge in [-0.15, -0.1) is 0 Å². The number of ketones is 1. The van der Waals surface area contributed by atoms with E-state index in [0.29, 0.717) is 5.56 Å². The first kappa shape index (κ1) is 14.4. The molecule has 2 aromatic carbocycles. The average Bonchev–Trinajstić information content (AvgIpc) is 2.53. The van der Waals surface area contributed by atoms with Crippen LogP contribution in [-0.2, 0) is 6.61 Å². The molecule has 22 heavy (non-hydrogen) atoms. The molecule has 0 saturated carbocycles. The Morgan fingerprint density at radius 2 is 1.86 bits per heavy atom. The molecule has 1 unspecified atom stereocenters. The summed E-state index contributed by atoms with van der Waals surface area (Å²) >= 11 is 0. The first-order valence-electron chi connectivity index (χ1n) is 6.97. The molecule has 0 aliphatic carbocycles. The van der Waals surface area contributed by atoms with E-state index >= 15 is 0 Å². The Morgan fingerprint density at radius 3 is 2.50 bits per heavy atom. The highest BCUT2D eigenvalue weighted by atomic mass is 16.5. The summed E-state index contributed by atoms with van der Waals surface area (Å²) in [4.78, 5) is 12.4. The summed E-state index contributed by atoms with van der Waals surface area (Å²) in [5.74, 6) is -0.750. The Bertz CT molecular complexity index is 737. The number of carbonyl (C=O) groups is 1. The van der Waals surface area contributed by atoms with Gasteiger partial charge in [0.05, 0.1) is 18.6 Å². The number of aliphatic hydroxyl groups excluding tert-OH is 1. The van der Waals surface area contributed by atoms with Crippen LogP contribution in [0.4, 0.5) is 0 Å². The summed E-state index contributed by atoms with van der Waals surface area (Å²) in [6, 6.07) is 9.31. The van der Waals surface area contributed by atoms with Gasteiger partial charge >= 0.3 is 0 Å². The minimum atomic E-state index is -0.554. The van der Waals surface area contributed by atoms with Gasteiger partial charge in [0.2, 0.25) is 0 Å². The lowest BCUT2D eigenvalue weighted by atomic mass is 9.91. The van der Waals surface area contributed by atoms with Crippen LogP contribution in [0.3, 0.4) is 0 Å². The highest BCUT2D eigenvalue weighted by Gasteiger charge is 2.34. The monoisotopic (exact) mass is 300 g/mol. The van der Waals surface area contributed by atoms with E-state index < -0.39 is 18.5 Å². The van der Waals surface area contributed by atoms with Crippen LogP contribution in [-0.4, -0.2) is 21.1 Å². The van der Waals surface area contributed by atoms with Gasteiger partial charge < -0.3 is 20.1 Å². The number of hydrogen-bond acceptors (Lipinski definition) is 5. The summed E-state index contributed by atoms with van der Waals surface area (Å²) in [5, 5.41) is 29.5. The van der Waals surface area contributed by atoms with Crippen molar-refractivity contribution >= 4 is 5.78 Å². The van der Waals surface area contributed by atoms with Crippen LogP contribution in [0.25, 0.3) is 0 Å². The molecule has 1 heterocycles. The first-order chi connectivity index (χ1) is 10.5. The summed E-state index contributed by atoms with van der Waals surface area (Å²) in [5.41, 5.74) is 1.18. The van der Waals surface area contributed by atoms with Crippen molar-refractivity contribution in [1.82, 2.24) is 0 Å². The molecule has 1 aliphatic heterocycles. The van der Waals surface area contributed by atoms with Crippen LogP contribution >= 0.6 is 0 Å². The number of rotatable bonds is 2. The Balaban J connectivity index is 2.13. The SMILES string of the molecule is Cc1c(O)c(CO)c(O)c2c1OC(c1ccccc1)CC2=O. The first-order valence-corrected chi connectivity index (χ1v) is 6.97. The fourth-order valence-electron chi connectivity index (χ4n) is 2.76. The lowest BCUT2D eigenvalue weighted by Gasteiger charge is -2.28. The van der Waals surface area contributed by atoms with E-state index in [1.54, 1.807) is 6.92 Å². The van der Waals surface area contributed by atoms with E-state index in [4.69, 9.17) is 4.74 Å². The van der Waals surface area contributed by atoms with Crippen molar-refractivity contribution in [3.05, 3.63) is 52.6 Å². The zero-order valence-electron chi connectivity index (χ0n) is 12.0. The molecule has 5 nitrogen and oxygen atoms in total. The number of benzene rings is 2. The number of aliphatic hydroxyl groups is 1. The number of carbonyl (C=O) groups excluding carboxylic acids is 1. The quantitative estimate of drug-likeness (QED) is 0.793. The van der Waals surface area contributed by atoms with Crippen LogP contribution in [0.5, 0.6) is 17.2 Å². The smallest absolute Gasteiger partial charge is 0.174 e. The van der Waals surface area contributed by atoms with Crippen molar-refractivity contribution in [3.63, 3.8) is 0 Å². The molecular weight excluding hydrogens is 284 g/mol. The lowest BCUT2D eigenvalue weighted by molar-refractivity contribution is 0.0842. The molecule has 5 heteroatoms. The summed E-state index contributed by atoms with van der Waals surface area (Å²) in [6.07, 6.45) is -0.363. The molecule has 1 atom stereocenters. The van der Waals surface area contributed by atoms with Crippen LogP contribution in [0.2, 0.25) is 0 Å². The summed E-state index contributed by atoms with van der Waals surface area (Å²) < 4.78 is 5.86. The number of phenols is 2. The van der Waals surface area contributed by atoms with Gasteiger partial charge in [-0.25, -0.2) is 0 Å². The molecule has 3 rings (SSSR count). The van der Waals surface area contributed by atoms with Gasteiger partial charge in [0.25, 0.3) is 0 Å². The number of fused-ring (bicyclic) bond motifs is 1. The second kappa shape index (κ2) is 5.35. The lowest BCUT2D eigenvalue weighted by Crippen LogP contribution is -2.21. The molecule has 0 bridgehead atoms. The van der Waals surface area contributed by atoms with E-state index in [0.717, 1.165) is 5.56 Å². The maximum Gasteiger partial charge on any atom is 0.174 e. The molecule has 0 fully saturated rings. The molecule has 0 saturated heterocycles. The highest BCUT2D eigenvalue weighted by Crippen LogP contribution is 2.47. The molecule has 0 radical (unpaired) electrons. The van der Waals surface area contributed by atoms with Gasteiger partial charge in [-0.1, -0.05) is 30.3 Å². The van der Waals surface area contributed by atoms with Gasteiger partial charge in [-0.05, 0) is 12.5 Å². The van der Waals surface area contributed by atoms with Crippen LogP contribution < -0.4 is 4.74 Å². The van der Waals surface area contributed by atoms with Gasteiger partial charge in [-0.3, -0.25) is 4.79 Å². The van der Waals surface area contributed by atoms with Crippen LogP contribution in [0.1, 0.15) is 39.6 Å². The van der Waals surface area contributed by atoms with Crippen molar-refractivity contribution in [2.45, 2.75) is 26.1 Å². The maximum absolute atomic E-state index is 12.4. The topological polar surface area (TPSA) is 87.0 Å². The Labute approximate surface area is 127 Å². The van der Waals surface area contributed by atoms with Crippen molar-refractivity contribution < 1.29 is 24.9 Å². The Morgan fingerprint density at radius 1 is 1.18 bits per heavy atom. The third-order valence-electron chi connectivity index (χ3n) is 3.97. The van der Waals surface area contributed by atoms with E-state index in [1.807, 2.05) is 30.3 Å². The van der Waals surface area contributed by atoms with E-state index in [9.17, 15) is 20.1 Å².